The maximum absolute atomic E-state index is 12.3. The highest BCUT2D eigenvalue weighted by Crippen LogP contribution is 2.47. The zero-order valence-corrected chi connectivity index (χ0v) is 15.0. The van der Waals surface area contributed by atoms with E-state index in [0.717, 1.165) is 32.2 Å². The lowest BCUT2D eigenvalue weighted by Crippen LogP contribution is -2.56. The van der Waals surface area contributed by atoms with Crippen LogP contribution in [0.15, 0.2) is 30.3 Å². The fourth-order valence-electron chi connectivity index (χ4n) is 4.49. The Labute approximate surface area is 145 Å². The first-order chi connectivity index (χ1) is 11.5. The first-order valence-corrected chi connectivity index (χ1v) is 8.81. The minimum absolute atomic E-state index is 0.0517. The molecule has 1 aromatic carbocycles. The van der Waals surface area contributed by atoms with E-state index in [4.69, 9.17) is 4.74 Å². The van der Waals surface area contributed by atoms with Gasteiger partial charge in [-0.2, -0.15) is 0 Å². The maximum Gasteiger partial charge on any atom is 0.318 e. The lowest BCUT2D eigenvalue weighted by Gasteiger charge is -2.51. The highest BCUT2D eigenvalue weighted by atomic mass is 16.5. The van der Waals surface area contributed by atoms with Crippen molar-refractivity contribution in [1.82, 2.24) is 15.1 Å². The van der Waals surface area contributed by atoms with Gasteiger partial charge in [0, 0.05) is 25.7 Å². The summed E-state index contributed by atoms with van der Waals surface area (Å²) >= 11 is 0. The zero-order chi connectivity index (χ0) is 17.2. The number of hydrogen-bond donors (Lipinski definition) is 1. The van der Waals surface area contributed by atoms with Crippen molar-refractivity contribution in [2.75, 3.05) is 40.9 Å². The van der Waals surface area contributed by atoms with Crippen LogP contribution in [-0.2, 0) is 10.3 Å². The maximum atomic E-state index is 12.3. The molecule has 3 rings (SSSR count). The monoisotopic (exact) mass is 331 g/mol. The summed E-state index contributed by atoms with van der Waals surface area (Å²) in [5.41, 5.74) is 1.39. The molecule has 1 heterocycles. The third-order valence-electron chi connectivity index (χ3n) is 6.08. The number of nitrogens with one attached hydrogen (secondary N) is 1. The first-order valence-electron chi connectivity index (χ1n) is 8.81. The molecular formula is C19H29N3O2. The van der Waals surface area contributed by atoms with Gasteiger partial charge in [-0.15, -0.1) is 0 Å². The Bertz CT molecular complexity index is 565. The van der Waals surface area contributed by atoms with Gasteiger partial charge in [-0.05, 0) is 45.3 Å². The molecule has 24 heavy (non-hydrogen) atoms. The van der Waals surface area contributed by atoms with Crippen molar-refractivity contribution in [2.45, 2.75) is 36.8 Å². The molecule has 0 unspecified atom stereocenters. The van der Waals surface area contributed by atoms with Crippen LogP contribution in [0.4, 0.5) is 4.79 Å². The third-order valence-corrected chi connectivity index (χ3v) is 6.08. The summed E-state index contributed by atoms with van der Waals surface area (Å²) in [6, 6.07) is 10.8. The van der Waals surface area contributed by atoms with Gasteiger partial charge in [0.05, 0.1) is 12.1 Å². The molecule has 2 fully saturated rings. The number of carbonyl (C=O) groups excluding carboxylic acids is 1. The quantitative estimate of drug-likeness (QED) is 0.901. The predicted molar refractivity (Wildman–Crippen MR) is 95.0 cm³/mol. The summed E-state index contributed by atoms with van der Waals surface area (Å²) in [7, 11) is 6.03. The van der Waals surface area contributed by atoms with Crippen molar-refractivity contribution in [3.8, 4) is 0 Å². The van der Waals surface area contributed by atoms with Crippen molar-refractivity contribution in [3.63, 3.8) is 0 Å². The Kier molecular flexibility index (Phi) is 4.83. The van der Waals surface area contributed by atoms with Crippen molar-refractivity contribution in [2.24, 2.45) is 0 Å². The number of nitrogens with zero attached hydrogens (tertiary/aromatic N) is 2. The topological polar surface area (TPSA) is 44.8 Å². The highest BCUT2D eigenvalue weighted by molar-refractivity contribution is 5.78. The van der Waals surface area contributed by atoms with Crippen molar-refractivity contribution < 1.29 is 9.53 Å². The molecule has 0 radical (unpaired) electrons. The van der Waals surface area contributed by atoms with Crippen LogP contribution in [0.25, 0.3) is 0 Å². The smallest absolute Gasteiger partial charge is 0.318 e. The number of urea groups is 1. The molecule has 1 aliphatic heterocycles. The molecule has 0 atom stereocenters. The van der Waals surface area contributed by atoms with Crippen molar-refractivity contribution in [3.05, 3.63) is 35.9 Å². The van der Waals surface area contributed by atoms with E-state index in [2.05, 4.69) is 54.6 Å². The van der Waals surface area contributed by atoms with E-state index in [1.54, 1.807) is 7.11 Å². The van der Waals surface area contributed by atoms with Gasteiger partial charge in [0.2, 0.25) is 0 Å². The molecule has 1 saturated heterocycles. The average Bonchev–Trinajstić information content (AvgIpc) is 2.90. The van der Waals surface area contributed by atoms with Gasteiger partial charge in [-0.1, -0.05) is 30.3 Å². The van der Waals surface area contributed by atoms with E-state index in [1.807, 2.05) is 4.90 Å². The normalized spacial score (nSPS) is 30.2. The summed E-state index contributed by atoms with van der Waals surface area (Å²) < 4.78 is 5.20. The molecule has 2 aliphatic rings. The number of carbonyl (C=O) groups is 1. The summed E-state index contributed by atoms with van der Waals surface area (Å²) in [6.45, 7) is 2.02. The third kappa shape index (κ3) is 2.80. The molecule has 5 heteroatoms. The van der Waals surface area contributed by atoms with Crippen LogP contribution >= 0.6 is 0 Å². The van der Waals surface area contributed by atoms with Crippen LogP contribution in [0.5, 0.6) is 0 Å². The fourth-order valence-corrected chi connectivity index (χ4v) is 4.49. The van der Waals surface area contributed by atoms with Gasteiger partial charge >= 0.3 is 6.03 Å². The minimum atomic E-state index is -0.0517. The summed E-state index contributed by atoms with van der Waals surface area (Å²) in [4.78, 5) is 16.6. The summed E-state index contributed by atoms with van der Waals surface area (Å²) in [5.74, 6) is 0. The van der Waals surface area contributed by atoms with Crippen molar-refractivity contribution in [1.29, 1.82) is 0 Å². The number of benzene rings is 1. The lowest BCUT2D eigenvalue weighted by atomic mass is 9.68. The van der Waals surface area contributed by atoms with Gasteiger partial charge < -0.3 is 15.0 Å². The Hall–Kier alpha value is -1.59. The number of rotatable bonds is 5. The molecule has 1 aliphatic carbocycles. The Morgan fingerprint density at radius 2 is 1.83 bits per heavy atom. The molecule has 5 nitrogen and oxygen atoms in total. The standard InChI is InChI=1S/C19H29N3O2/c1-21(2)19(16-7-5-4-6-8-16)11-9-18(10-12-19)15-20-17(23)22(18)13-14-24-3/h4-8H,9-15H2,1-3H3,(H,20,23). The van der Waals surface area contributed by atoms with E-state index < -0.39 is 0 Å². The number of hydrogen-bond acceptors (Lipinski definition) is 3. The van der Waals surface area contributed by atoms with Gasteiger partial charge in [0.15, 0.2) is 0 Å². The predicted octanol–water partition coefficient (Wildman–Crippen LogP) is 2.43. The molecular weight excluding hydrogens is 302 g/mol. The van der Waals surface area contributed by atoms with E-state index in [0.29, 0.717) is 13.2 Å². The SMILES string of the molecule is COCCN1C(=O)NCC12CCC(c1ccccc1)(N(C)C)CC2. The molecule has 1 spiro atoms. The second-order valence-electron chi connectivity index (χ2n) is 7.32. The average molecular weight is 331 g/mol. The van der Waals surface area contributed by atoms with E-state index in [9.17, 15) is 4.79 Å². The molecule has 2 amide bonds. The van der Waals surface area contributed by atoms with Gasteiger partial charge in [0.1, 0.15) is 0 Å². The second-order valence-corrected chi connectivity index (χ2v) is 7.32. The molecule has 1 saturated carbocycles. The number of methoxy groups -OCH3 is 1. The van der Waals surface area contributed by atoms with Crippen LogP contribution in [0, 0.1) is 0 Å². The molecule has 0 bridgehead atoms. The molecule has 1 N–H and O–H groups in total. The van der Waals surface area contributed by atoms with Crippen LogP contribution in [0.1, 0.15) is 31.2 Å². The zero-order valence-electron chi connectivity index (χ0n) is 15.0. The minimum Gasteiger partial charge on any atom is -0.383 e. The van der Waals surface area contributed by atoms with Crippen molar-refractivity contribution >= 4 is 6.03 Å². The first kappa shape index (κ1) is 17.2. The van der Waals surface area contributed by atoms with E-state index in [-0.39, 0.29) is 17.1 Å². The fraction of sp³-hybridized carbons (Fsp3) is 0.632. The van der Waals surface area contributed by atoms with Crippen LogP contribution in [0.2, 0.25) is 0 Å². The Balaban J connectivity index is 1.81. The number of amides is 2. The van der Waals surface area contributed by atoms with E-state index in [1.165, 1.54) is 5.56 Å². The molecule has 132 valence electrons. The van der Waals surface area contributed by atoms with Gasteiger partial charge in [0.25, 0.3) is 0 Å². The summed E-state index contributed by atoms with van der Waals surface area (Å²) in [5, 5.41) is 3.05. The molecule has 1 aromatic rings. The largest absolute Gasteiger partial charge is 0.383 e. The van der Waals surface area contributed by atoms with E-state index >= 15 is 0 Å². The van der Waals surface area contributed by atoms with Gasteiger partial charge in [-0.3, -0.25) is 4.90 Å². The Morgan fingerprint density at radius 1 is 1.17 bits per heavy atom. The van der Waals surface area contributed by atoms with Crippen LogP contribution in [-0.4, -0.2) is 62.3 Å². The second kappa shape index (κ2) is 6.73. The van der Waals surface area contributed by atoms with Crippen LogP contribution in [0.3, 0.4) is 0 Å². The van der Waals surface area contributed by atoms with Crippen LogP contribution < -0.4 is 5.32 Å². The van der Waals surface area contributed by atoms with Gasteiger partial charge in [-0.25, -0.2) is 4.79 Å². The number of ether oxygens (including phenoxy) is 1. The lowest BCUT2D eigenvalue weighted by molar-refractivity contribution is 0.0187. The summed E-state index contributed by atoms with van der Waals surface area (Å²) in [6.07, 6.45) is 4.15. The molecule has 0 aromatic heterocycles. The Morgan fingerprint density at radius 3 is 2.42 bits per heavy atom. The highest BCUT2D eigenvalue weighted by Gasteiger charge is 2.51.